The predicted molar refractivity (Wildman–Crippen MR) is 59.5 cm³/mol. The van der Waals surface area contributed by atoms with Crippen LogP contribution < -0.4 is 5.73 Å². The van der Waals surface area contributed by atoms with E-state index in [0.717, 1.165) is 19.4 Å². The quantitative estimate of drug-likeness (QED) is 0.649. The van der Waals surface area contributed by atoms with Crippen LogP contribution >= 0.6 is 0 Å². The highest BCUT2D eigenvalue weighted by atomic mass is 16.2. The third-order valence-electron chi connectivity index (χ3n) is 3.46. The molecule has 0 radical (unpaired) electrons. The number of hydrogen-bond acceptors (Lipinski definition) is 3. The number of hydrogen-bond donors (Lipinski definition) is 1. The summed E-state index contributed by atoms with van der Waals surface area (Å²) in [6.07, 6.45) is 2.33. The van der Waals surface area contributed by atoms with E-state index in [1.807, 2.05) is 4.90 Å². The topological polar surface area (TPSA) is 66.6 Å². The lowest BCUT2D eigenvalue weighted by atomic mass is 10.0. The molecule has 2 heterocycles. The fourth-order valence-corrected chi connectivity index (χ4v) is 2.50. The molecule has 90 valence electrons. The number of carbonyl (C=O) groups is 2. The van der Waals surface area contributed by atoms with Crippen molar-refractivity contribution in [1.82, 2.24) is 9.80 Å². The van der Waals surface area contributed by atoms with Crippen molar-refractivity contribution < 1.29 is 9.59 Å². The Morgan fingerprint density at radius 1 is 1.44 bits per heavy atom. The molecule has 2 saturated heterocycles. The van der Waals surface area contributed by atoms with E-state index in [1.165, 1.54) is 0 Å². The van der Waals surface area contributed by atoms with Gasteiger partial charge >= 0.3 is 0 Å². The first kappa shape index (κ1) is 11.4. The molecule has 0 bridgehead atoms. The molecule has 5 nitrogen and oxygen atoms in total. The number of likely N-dealkylation sites (tertiary alicyclic amines) is 2. The molecule has 2 fully saturated rings. The van der Waals surface area contributed by atoms with Gasteiger partial charge in [0.05, 0.1) is 5.92 Å². The molecule has 2 amide bonds. The second kappa shape index (κ2) is 4.41. The van der Waals surface area contributed by atoms with Gasteiger partial charge in [-0.3, -0.25) is 9.59 Å². The van der Waals surface area contributed by atoms with Crippen molar-refractivity contribution in [2.75, 3.05) is 26.7 Å². The third kappa shape index (κ3) is 2.19. The molecule has 0 aromatic rings. The number of rotatable bonds is 1. The van der Waals surface area contributed by atoms with Crippen molar-refractivity contribution >= 4 is 11.8 Å². The number of carbonyl (C=O) groups excluding carboxylic acids is 2. The SMILES string of the molecule is CN1CC(C(=O)N2CCCC(N)C2)CC1=O. The van der Waals surface area contributed by atoms with Crippen LogP contribution in [-0.4, -0.2) is 54.3 Å². The van der Waals surface area contributed by atoms with Crippen LogP contribution in [0.25, 0.3) is 0 Å². The van der Waals surface area contributed by atoms with E-state index in [9.17, 15) is 9.59 Å². The zero-order valence-electron chi connectivity index (χ0n) is 9.69. The summed E-state index contributed by atoms with van der Waals surface area (Å²) in [6, 6.07) is 0.104. The smallest absolute Gasteiger partial charge is 0.228 e. The maximum absolute atomic E-state index is 12.1. The minimum atomic E-state index is -0.150. The summed E-state index contributed by atoms with van der Waals surface area (Å²) in [4.78, 5) is 27.0. The first-order valence-electron chi connectivity index (χ1n) is 5.86. The normalized spacial score (nSPS) is 31.0. The zero-order valence-corrected chi connectivity index (χ0v) is 9.69. The Kier molecular flexibility index (Phi) is 3.14. The number of nitrogens with two attached hydrogens (primary N) is 1. The van der Waals surface area contributed by atoms with Gasteiger partial charge in [-0.1, -0.05) is 0 Å². The molecule has 2 aliphatic rings. The molecule has 5 heteroatoms. The monoisotopic (exact) mass is 225 g/mol. The summed E-state index contributed by atoms with van der Waals surface area (Å²) in [5.74, 6) is 0.0234. The van der Waals surface area contributed by atoms with E-state index in [4.69, 9.17) is 5.73 Å². The Morgan fingerprint density at radius 3 is 2.75 bits per heavy atom. The lowest BCUT2D eigenvalue weighted by molar-refractivity contribution is -0.137. The van der Waals surface area contributed by atoms with Gasteiger partial charge in [-0.2, -0.15) is 0 Å². The van der Waals surface area contributed by atoms with Crippen molar-refractivity contribution in [3.8, 4) is 0 Å². The summed E-state index contributed by atoms with van der Waals surface area (Å²) in [6.45, 7) is 2.00. The Balaban J connectivity index is 1.94. The molecule has 2 N–H and O–H groups in total. The van der Waals surface area contributed by atoms with Crippen molar-refractivity contribution in [1.29, 1.82) is 0 Å². The highest BCUT2D eigenvalue weighted by Gasteiger charge is 2.35. The number of amides is 2. The first-order valence-corrected chi connectivity index (χ1v) is 5.86. The van der Waals surface area contributed by atoms with Gasteiger partial charge in [0.1, 0.15) is 0 Å². The van der Waals surface area contributed by atoms with E-state index in [0.29, 0.717) is 19.5 Å². The van der Waals surface area contributed by atoms with E-state index in [-0.39, 0.29) is 23.8 Å². The van der Waals surface area contributed by atoms with Crippen molar-refractivity contribution in [2.24, 2.45) is 11.7 Å². The third-order valence-corrected chi connectivity index (χ3v) is 3.46. The molecule has 0 aromatic carbocycles. The molecule has 2 aliphatic heterocycles. The van der Waals surface area contributed by atoms with Crippen molar-refractivity contribution in [3.05, 3.63) is 0 Å². The van der Waals surface area contributed by atoms with Gasteiger partial charge in [-0.25, -0.2) is 0 Å². The van der Waals surface area contributed by atoms with Crippen LogP contribution in [0.4, 0.5) is 0 Å². The van der Waals surface area contributed by atoms with Crippen LogP contribution in [0.2, 0.25) is 0 Å². The number of piperidine rings is 1. The summed E-state index contributed by atoms with van der Waals surface area (Å²) in [5, 5.41) is 0. The highest BCUT2D eigenvalue weighted by Crippen LogP contribution is 2.20. The van der Waals surface area contributed by atoms with Crippen LogP contribution in [0.15, 0.2) is 0 Å². The minimum Gasteiger partial charge on any atom is -0.345 e. The van der Waals surface area contributed by atoms with Gasteiger partial charge in [0.15, 0.2) is 0 Å². The molecule has 0 spiro atoms. The lowest BCUT2D eigenvalue weighted by Crippen LogP contribution is -2.48. The second-order valence-electron chi connectivity index (χ2n) is 4.86. The van der Waals surface area contributed by atoms with Gasteiger partial charge in [0.25, 0.3) is 0 Å². The number of nitrogens with zero attached hydrogens (tertiary/aromatic N) is 2. The van der Waals surface area contributed by atoms with Crippen LogP contribution in [0.5, 0.6) is 0 Å². The van der Waals surface area contributed by atoms with Crippen LogP contribution in [0.3, 0.4) is 0 Å². The lowest BCUT2D eigenvalue weighted by Gasteiger charge is -2.32. The predicted octanol–water partition coefficient (Wildman–Crippen LogP) is -0.586. The van der Waals surface area contributed by atoms with Gasteiger partial charge in [0, 0.05) is 39.1 Å². The summed E-state index contributed by atoms with van der Waals surface area (Å²) >= 11 is 0. The fourth-order valence-electron chi connectivity index (χ4n) is 2.50. The summed E-state index contributed by atoms with van der Waals surface area (Å²) in [7, 11) is 1.75. The molecule has 0 saturated carbocycles. The Morgan fingerprint density at radius 2 is 2.19 bits per heavy atom. The zero-order chi connectivity index (χ0) is 11.7. The molecule has 2 atom stereocenters. The second-order valence-corrected chi connectivity index (χ2v) is 4.86. The van der Waals surface area contributed by atoms with Gasteiger partial charge in [-0.15, -0.1) is 0 Å². The van der Waals surface area contributed by atoms with Crippen molar-refractivity contribution in [2.45, 2.75) is 25.3 Å². The van der Waals surface area contributed by atoms with Gasteiger partial charge in [-0.05, 0) is 12.8 Å². The van der Waals surface area contributed by atoms with Crippen molar-refractivity contribution in [3.63, 3.8) is 0 Å². The minimum absolute atomic E-state index is 0.0691. The Hall–Kier alpha value is -1.10. The van der Waals surface area contributed by atoms with Crippen LogP contribution in [-0.2, 0) is 9.59 Å². The largest absolute Gasteiger partial charge is 0.345 e. The maximum atomic E-state index is 12.1. The summed E-state index contributed by atoms with van der Waals surface area (Å²) < 4.78 is 0. The van der Waals surface area contributed by atoms with Crippen LogP contribution in [0, 0.1) is 5.92 Å². The fraction of sp³-hybridized carbons (Fsp3) is 0.818. The standard InChI is InChI=1S/C11H19N3O2/c1-13-6-8(5-10(13)15)11(16)14-4-2-3-9(12)7-14/h8-9H,2-7,12H2,1H3. The highest BCUT2D eigenvalue weighted by molar-refractivity contribution is 5.89. The molecular weight excluding hydrogens is 206 g/mol. The first-order chi connectivity index (χ1) is 7.58. The maximum Gasteiger partial charge on any atom is 0.228 e. The molecule has 2 rings (SSSR count). The van der Waals surface area contributed by atoms with Gasteiger partial charge < -0.3 is 15.5 Å². The Labute approximate surface area is 95.6 Å². The van der Waals surface area contributed by atoms with E-state index < -0.39 is 0 Å². The molecule has 2 unspecified atom stereocenters. The molecule has 0 aliphatic carbocycles. The molecule has 16 heavy (non-hydrogen) atoms. The average molecular weight is 225 g/mol. The molecular formula is C11H19N3O2. The summed E-state index contributed by atoms with van der Waals surface area (Å²) in [5.41, 5.74) is 5.84. The van der Waals surface area contributed by atoms with Crippen LogP contribution in [0.1, 0.15) is 19.3 Å². The van der Waals surface area contributed by atoms with Gasteiger partial charge in [0.2, 0.25) is 11.8 Å². The average Bonchev–Trinajstić information content (AvgIpc) is 2.58. The van der Waals surface area contributed by atoms with E-state index >= 15 is 0 Å². The molecule has 0 aromatic heterocycles. The Bertz CT molecular complexity index is 306. The van der Waals surface area contributed by atoms with E-state index in [2.05, 4.69) is 0 Å². The van der Waals surface area contributed by atoms with E-state index in [1.54, 1.807) is 11.9 Å².